The van der Waals surface area contributed by atoms with Crippen LogP contribution in [0.4, 0.5) is 0 Å². The summed E-state index contributed by atoms with van der Waals surface area (Å²) in [6.07, 6.45) is 5.31. The first-order chi connectivity index (χ1) is 7.35. The molecule has 16 heavy (non-hydrogen) atoms. The van der Waals surface area contributed by atoms with Gasteiger partial charge in [-0.1, -0.05) is 23.6 Å². The molecule has 0 saturated carbocycles. The largest absolute Gasteiger partial charge is 0.456 e. The number of hydrogen-bond donors (Lipinski definition) is 0. The third-order valence-electron chi connectivity index (χ3n) is 1.78. The van der Waals surface area contributed by atoms with E-state index in [1.54, 1.807) is 39.0 Å². The fourth-order valence-corrected chi connectivity index (χ4v) is 1.40. The van der Waals surface area contributed by atoms with E-state index >= 15 is 0 Å². The van der Waals surface area contributed by atoms with Gasteiger partial charge < -0.3 is 4.74 Å². The zero-order valence-corrected chi connectivity index (χ0v) is 10.3. The second-order valence-electron chi connectivity index (χ2n) is 4.31. The lowest BCUT2D eigenvalue weighted by Gasteiger charge is -2.20. The number of rotatable bonds is 1. The van der Waals surface area contributed by atoms with Crippen molar-refractivity contribution in [1.82, 2.24) is 0 Å². The second kappa shape index (κ2) is 4.59. The zero-order chi connectivity index (χ0) is 12.3. The average Bonchev–Trinajstić information content (AvgIpc) is 2.14. The van der Waals surface area contributed by atoms with Gasteiger partial charge in [-0.05, 0) is 32.9 Å². The lowest BCUT2D eigenvalue weighted by molar-refractivity contribution is 0.00693. The summed E-state index contributed by atoms with van der Waals surface area (Å²) in [6.45, 7) is 5.39. The van der Waals surface area contributed by atoms with Crippen LogP contribution in [-0.4, -0.2) is 11.6 Å². The normalized spacial score (nSPS) is 10.7. The molecule has 0 aliphatic heterocycles. The van der Waals surface area contributed by atoms with Crippen molar-refractivity contribution in [3.05, 3.63) is 34.3 Å². The highest BCUT2D eigenvalue weighted by Gasteiger charge is 2.20. The van der Waals surface area contributed by atoms with Crippen LogP contribution in [0.25, 0.3) is 0 Å². The third kappa shape index (κ3) is 3.01. The van der Waals surface area contributed by atoms with E-state index < -0.39 is 11.6 Å². The lowest BCUT2D eigenvalue weighted by atomic mass is 10.1. The molecule has 0 atom stereocenters. The van der Waals surface area contributed by atoms with Crippen LogP contribution in [0.15, 0.2) is 18.2 Å². The monoisotopic (exact) mass is 236 g/mol. The first kappa shape index (κ1) is 12.6. The Morgan fingerprint density at radius 2 is 2.06 bits per heavy atom. The van der Waals surface area contributed by atoms with Crippen LogP contribution in [0.1, 0.15) is 36.7 Å². The summed E-state index contributed by atoms with van der Waals surface area (Å²) in [6, 6.07) is 4.92. The van der Waals surface area contributed by atoms with E-state index in [1.807, 2.05) is 0 Å². The van der Waals surface area contributed by atoms with Gasteiger partial charge in [-0.3, -0.25) is 0 Å². The molecule has 1 aromatic rings. The molecular weight excluding hydrogens is 224 g/mol. The van der Waals surface area contributed by atoms with Crippen LogP contribution < -0.4 is 0 Å². The van der Waals surface area contributed by atoms with Gasteiger partial charge in [0.15, 0.2) is 0 Å². The standard InChI is InChI=1S/C13H13ClO2/c1-5-9-10(7-6-8-11(9)14)12(15)16-13(2,3)4/h1,6-8H,2-4H3. The van der Waals surface area contributed by atoms with E-state index in [0.717, 1.165) is 0 Å². The van der Waals surface area contributed by atoms with Gasteiger partial charge in [-0.25, -0.2) is 4.79 Å². The smallest absolute Gasteiger partial charge is 0.339 e. The Kier molecular flexibility index (Phi) is 3.62. The molecule has 0 aromatic heterocycles. The summed E-state index contributed by atoms with van der Waals surface area (Å²) in [5, 5.41) is 0.380. The van der Waals surface area contributed by atoms with E-state index in [2.05, 4.69) is 5.92 Å². The van der Waals surface area contributed by atoms with Crippen molar-refractivity contribution >= 4 is 17.6 Å². The van der Waals surface area contributed by atoms with Gasteiger partial charge in [0, 0.05) is 0 Å². The molecule has 0 fully saturated rings. The summed E-state index contributed by atoms with van der Waals surface area (Å²) < 4.78 is 5.23. The van der Waals surface area contributed by atoms with E-state index in [0.29, 0.717) is 16.1 Å². The van der Waals surface area contributed by atoms with E-state index in [4.69, 9.17) is 22.8 Å². The summed E-state index contributed by atoms with van der Waals surface area (Å²) >= 11 is 5.89. The van der Waals surface area contributed by atoms with E-state index in [-0.39, 0.29) is 0 Å². The number of hydrogen-bond acceptors (Lipinski definition) is 2. The van der Waals surface area contributed by atoms with Crippen molar-refractivity contribution in [3.63, 3.8) is 0 Å². The number of ether oxygens (including phenoxy) is 1. The molecule has 2 nitrogen and oxygen atoms in total. The van der Waals surface area contributed by atoms with Gasteiger partial charge in [-0.15, -0.1) is 6.42 Å². The summed E-state index contributed by atoms with van der Waals surface area (Å²) in [7, 11) is 0. The Hall–Kier alpha value is -1.46. The molecule has 84 valence electrons. The van der Waals surface area contributed by atoms with Gasteiger partial charge in [-0.2, -0.15) is 0 Å². The highest BCUT2D eigenvalue weighted by molar-refractivity contribution is 6.32. The predicted molar refractivity (Wildman–Crippen MR) is 64.6 cm³/mol. The number of carbonyl (C=O) groups excluding carboxylic acids is 1. The minimum atomic E-state index is -0.550. The SMILES string of the molecule is C#Cc1c(Cl)cccc1C(=O)OC(C)(C)C. The Labute approximate surface area is 101 Å². The van der Waals surface area contributed by atoms with Gasteiger partial charge in [0.05, 0.1) is 16.1 Å². The van der Waals surface area contributed by atoms with Crippen molar-refractivity contribution in [2.75, 3.05) is 0 Å². The maximum atomic E-state index is 11.8. The highest BCUT2D eigenvalue weighted by Crippen LogP contribution is 2.21. The lowest BCUT2D eigenvalue weighted by Crippen LogP contribution is -2.24. The van der Waals surface area contributed by atoms with Crippen LogP contribution in [0.3, 0.4) is 0 Å². The summed E-state index contributed by atoms with van der Waals surface area (Å²) in [5.74, 6) is 1.94. The molecular formula is C13H13ClO2. The molecule has 0 amide bonds. The molecule has 0 spiro atoms. The van der Waals surface area contributed by atoms with Crippen LogP contribution in [-0.2, 0) is 4.74 Å². The average molecular weight is 237 g/mol. The molecule has 0 aliphatic rings. The summed E-state index contributed by atoms with van der Waals surface area (Å²) in [4.78, 5) is 11.8. The van der Waals surface area contributed by atoms with Gasteiger partial charge >= 0.3 is 5.97 Å². The highest BCUT2D eigenvalue weighted by atomic mass is 35.5. The van der Waals surface area contributed by atoms with Crippen LogP contribution in [0.2, 0.25) is 5.02 Å². The van der Waals surface area contributed by atoms with Gasteiger partial charge in [0.25, 0.3) is 0 Å². The molecule has 0 aliphatic carbocycles. The maximum absolute atomic E-state index is 11.8. The first-order valence-corrected chi connectivity index (χ1v) is 5.21. The predicted octanol–water partition coefficient (Wildman–Crippen LogP) is 3.28. The molecule has 0 N–H and O–H groups in total. The molecule has 1 aromatic carbocycles. The van der Waals surface area contributed by atoms with E-state index in [9.17, 15) is 4.79 Å². The Morgan fingerprint density at radius 1 is 1.44 bits per heavy atom. The molecule has 0 saturated heterocycles. The topological polar surface area (TPSA) is 26.3 Å². The molecule has 0 radical (unpaired) electrons. The number of terminal acetylenes is 1. The molecule has 0 bridgehead atoms. The minimum Gasteiger partial charge on any atom is -0.456 e. The van der Waals surface area contributed by atoms with Crippen LogP contribution >= 0.6 is 11.6 Å². The number of carbonyl (C=O) groups is 1. The Bertz CT molecular complexity index is 450. The number of esters is 1. The molecule has 1 rings (SSSR count). The first-order valence-electron chi connectivity index (χ1n) is 4.83. The van der Waals surface area contributed by atoms with E-state index in [1.165, 1.54) is 0 Å². The van der Waals surface area contributed by atoms with Crippen molar-refractivity contribution in [1.29, 1.82) is 0 Å². The fourth-order valence-electron chi connectivity index (χ4n) is 1.17. The Balaban J connectivity index is 3.11. The van der Waals surface area contributed by atoms with Crippen molar-refractivity contribution in [2.24, 2.45) is 0 Å². The van der Waals surface area contributed by atoms with Crippen molar-refractivity contribution in [2.45, 2.75) is 26.4 Å². The molecule has 3 heteroatoms. The van der Waals surface area contributed by atoms with Crippen LogP contribution in [0.5, 0.6) is 0 Å². The van der Waals surface area contributed by atoms with Crippen molar-refractivity contribution < 1.29 is 9.53 Å². The van der Waals surface area contributed by atoms with Gasteiger partial charge in [0.1, 0.15) is 5.60 Å². The van der Waals surface area contributed by atoms with Crippen LogP contribution in [0, 0.1) is 12.3 Å². The third-order valence-corrected chi connectivity index (χ3v) is 2.09. The zero-order valence-electron chi connectivity index (χ0n) is 9.50. The maximum Gasteiger partial charge on any atom is 0.339 e. The Morgan fingerprint density at radius 3 is 2.56 bits per heavy atom. The second-order valence-corrected chi connectivity index (χ2v) is 4.72. The van der Waals surface area contributed by atoms with Crippen molar-refractivity contribution in [3.8, 4) is 12.3 Å². The number of benzene rings is 1. The minimum absolute atomic E-state index is 0.324. The fraction of sp³-hybridized carbons (Fsp3) is 0.308. The quantitative estimate of drug-likeness (QED) is 0.553. The number of halogens is 1. The van der Waals surface area contributed by atoms with Gasteiger partial charge in [0.2, 0.25) is 0 Å². The molecule has 0 unspecified atom stereocenters. The molecule has 0 heterocycles. The summed E-state index contributed by atoms with van der Waals surface area (Å²) in [5.41, 5.74) is 0.147.